The van der Waals surface area contributed by atoms with E-state index >= 15 is 0 Å². The maximum absolute atomic E-state index is 5.31. The first-order valence-electron chi connectivity index (χ1n) is 5.96. The Hall–Kier alpha value is -1.70. The monoisotopic (exact) mass is 226 g/mol. The fourth-order valence-corrected chi connectivity index (χ4v) is 2.60. The summed E-state index contributed by atoms with van der Waals surface area (Å²) in [5.74, 6) is 0.935. The van der Waals surface area contributed by atoms with Gasteiger partial charge in [0.15, 0.2) is 0 Å². The van der Waals surface area contributed by atoms with Crippen molar-refractivity contribution in [1.82, 2.24) is 4.57 Å². The molecule has 0 N–H and O–H groups in total. The summed E-state index contributed by atoms with van der Waals surface area (Å²) >= 11 is 0. The Morgan fingerprint density at radius 3 is 2.94 bits per heavy atom. The number of hydrogen-bond acceptors (Lipinski definition) is 1. The minimum absolute atomic E-state index is 0.935. The van der Waals surface area contributed by atoms with Gasteiger partial charge < -0.3 is 9.30 Å². The lowest BCUT2D eigenvalue weighted by Crippen LogP contribution is -1.97. The van der Waals surface area contributed by atoms with Gasteiger partial charge in [-0.2, -0.15) is 0 Å². The number of hydrogen-bond donors (Lipinski definition) is 0. The number of fused-ring (bicyclic) bond motifs is 3. The van der Waals surface area contributed by atoms with Crippen LogP contribution in [0.15, 0.2) is 30.5 Å². The van der Waals surface area contributed by atoms with Crippen LogP contribution in [-0.2, 0) is 13.0 Å². The molecule has 0 aliphatic heterocycles. The predicted molar refractivity (Wildman–Crippen MR) is 69.2 cm³/mol. The molecule has 1 aromatic heterocycles. The van der Waals surface area contributed by atoms with Crippen LogP contribution in [0.25, 0.3) is 11.3 Å². The van der Waals surface area contributed by atoms with Gasteiger partial charge in [-0.15, -0.1) is 0 Å². The number of methoxy groups -OCH3 is 1. The third-order valence-electron chi connectivity index (χ3n) is 3.38. The molecule has 0 fully saturated rings. The minimum atomic E-state index is 0.935. The molecule has 17 heavy (non-hydrogen) atoms. The van der Waals surface area contributed by atoms with Crippen LogP contribution in [0.5, 0.6) is 5.75 Å². The van der Waals surface area contributed by atoms with Crippen LogP contribution in [0.2, 0.25) is 0 Å². The van der Waals surface area contributed by atoms with E-state index in [0.717, 1.165) is 18.7 Å². The van der Waals surface area contributed by atoms with E-state index in [-0.39, 0.29) is 0 Å². The topological polar surface area (TPSA) is 14.2 Å². The quantitative estimate of drug-likeness (QED) is 0.668. The number of aromatic nitrogens is 1. The number of nitrogens with zero attached hydrogens (tertiary/aromatic N) is 1. The Bertz CT molecular complexity index is 554. The summed E-state index contributed by atoms with van der Waals surface area (Å²) in [6, 6.07) is 8.59. The van der Waals surface area contributed by atoms with Crippen LogP contribution in [0.1, 0.15) is 18.1 Å². The van der Waals surface area contributed by atoms with Gasteiger partial charge in [-0.25, -0.2) is 0 Å². The van der Waals surface area contributed by atoms with Crippen molar-refractivity contribution < 1.29 is 4.74 Å². The second-order valence-corrected chi connectivity index (χ2v) is 4.45. The minimum Gasteiger partial charge on any atom is -0.497 e. The molecule has 1 aromatic carbocycles. The molecule has 1 radical (unpaired) electrons. The van der Waals surface area contributed by atoms with E-state index < -0.39 is 0 Å². The largest absolute Gasteiger partial charge is 0.497 e. The summed E-state index contributed by atoms with van der Waals surface area (Å²) in [5.41, 5.74) is 5.51. The molecular formula is C15H16NO. The van der Waals surface area contributed by atoms with Crippen molar-refractivity contribution in [3.63, 3.8) is 0 Å². The number of rotatable bonds is 3. The molecule has 0 amide bonds. The molecule has 0 atom stereocenters. The van der Waals surface area contributed by atoms with Crippen molar-refractivity contribution in [1.29, 1.82) is 0 Å². The standard InChI is InChI=1S/C15H16NO/c1-3-7-16-8-6-12-9-11-4-5-13(17-2)10-14(11)15(12)16/h3-6,8,10H,7,9H2,1-2H3. The van der Waals surface area contributed by atoms with E-state index in [2.05, 4.69) is 42.3 Å². The molecule has 2 heteroatoms. The van der Waals surface area contributed by atoms with Crippen LogP contribution in [0.3, 0.4) is 0 Å². The zero-order valence-electron chi connectivity index (χ0n) is 10.2. The summed E-state index contributed by atoms with van der Waals surface area (Å²) in [6.45, 7) is 3.06. The van der Waals surface area contributed by atoms with E-state index in [1.54, 1.807) is 7.11 Å². The van der Waals surface area contributed by atoms with Gasteiger partial charge >= 0.3 is 0 Å². The van der Waals surface area contributed by atoms with Crippen LogP contribution in [0, 0.1) is 6.42 Å². The molecule has 0 unspecified atom stereocenters. The van der Waals surface area contributed by atoms with Gasteiger partial charge in [-0.1, -0.05) is 13.0 Å². The Balaban J connectivity index is 2.13. The smallest absolute Gasteiger partial charge is 0.119 e. The van der Waals surface area contributed by atoms with Gasteiger partial charge in [-0.05, 0) is 35.7 Å². The maximum atomic E-state index is 5.31. The highest BCUT2D eigenvalue weighted by molar-refractivity contribution is 5.75. The fourth-order valence-electron chi connectivity index (χ4n) is 2.60. The Kier molecular flexibility index (Phi) is 2.43. The van der Waals surface area contributed by atoms with Crippen LogP contribution in [-0.4, -0.2) is 11.7 Å². The molecule has 0 bridgehead atoms. The highest BCUT2D eigenvalue weighted by Crippen LogP contribution is 2.39. The summed E-state index contributed by atoms with van der Waals surface area (Å²) in [7, 11) is 1.72. The first-order valence-corrected chi connectivity index (χ1v) is 5.96. The Morgan fingerprint density at radius 2 is 2.18 bits per heavy atom. The van der Waals surface area contributed by atoms with Crippen LogP contribution in [0.4, 0.5) is 0 Å². The second kappa shape index (κ2) is 3.95. The van der Waals surface area contributed by atoms with E-state index in [1.165, 1.54) is 22.4 Å². The van der Waals surface area contributed by atoms with E-state index in [4.69, 9.17) is 4.74 Å². The van der Waals surface area contributed by atoms with E-state index in [9.17, 15) is 0 Å². The third-order valence-corrected chi connectivity index (χ3v) is 3.38. The fraction of sp³-hybridized carbons (Fsp3) is 0.267. The van der Waals surface area contributed by atoms with Crippen molar-refractivity contribution in [2.24, 2.45) is 0 Å². The molecule has 0 saturated carbocycles. The third kappa shape index (κ3) is 1.55. The molecular weight excluding hydrogens is 210 g/mol. The first kappa shape index (κ1) is 10.5. The summed E-state index contributed by atoms with van der Waals surface area (Å²) < 4.78 is 7.62. The molecule has 3 rings (SSSR count). The molecule has 87 valence electrons. The van der Waals surface area contributed by atoms with Crippen molar-refractivity contribution in [2.45, 2.75) is 19.9 Å². The van der Waals surface area contributed by atoms with Gasteiger partial charge in [0.25, 0.3) is 0 Å². The van der Waals surface area contributed by atoms with Crippen LogP contribution >= 0.6 is 0 Å². The van der Waals surface area contributed by atoms with Crippen molar-refractivity contribution in [3.8, 4) is 17.0 Å². The van der Waals surface area contributed by atoms with E-state index in [1.807, 2.05) is 6.07 Å². The van der Waals surface area contributed by atoms with Crippen LogP contribution < -0.4 is 4.74 Å². The normalized spacial score (nSPS) is 12.4. The lowest BCUT2D eigenvalue weighted by Gasteiger charge is -2.09. The Labute approximate surface area is 102 Å². The number of ether oxygens (including phenoxy) is 1. The second-order valence-electron chi connectivity index (χ2n) is 4.45. The predicted octanol–water partition coefficient (Wildman–Crippen LogP) is 3.29. The van der Waals surface area contributed by atoms with Gasteiger partial charge in [0, 0.05) is 24.7 Å². The lowest BCUT2D eigenvalue weighted by molar-refractivity contribution is 0.415. The molecule has 1 aliphatic carbocycles. The van der Waals surface area contributed by atoms with Gasteiger partial charge in [0.2, 0.25) is 0 Å². The van der Waals surface area contributed by atoms with E-state index in [0.29, 0.717) is 0 Å². The molecule has 2 nitrogen and oxygen atoms in total. The highest BCUT2D eigenvalue weighted by Gasteiger charge is 2.22. The maximum Gasteiger partial charge on any atom is 0.119 e. The average molecular weight is 226 g/mol. The first-order chi connectivity index (χ1) is 8.33. The molecule has 0 saturated heterocycles. The molecule has 1 heterocycles. The summed E-state index contributed by atoms with van der Waals surface area (Å²) in [6.07, 6.45) is 5.40. The molecule has 1 aliphatic rings. The molecule has 0 spiro atoms. The highest BCUT2D eigenvalue weighted by atomic mass is 16.5. The van der Waals surface area contributed by atoms with Gasteiger partial charge in [-0.3, -0.25) is 0 Å². The SMILES string of the molecule is C[CH]Cn1ccc2c1-c1cc(OC)ccc1C2. The van der Waals surface area contributed by atoms with Crippen molar-refractivity contribution in [3.05, 3.63) is 48.0 Å². The van der Waals surface area contributed by atoms with Gasteiger partial charge in [0.05, 0.1) is 12.8 Å². The molecule has 2 aromatic rings. The summed E-state index contributed by atoms with van der Waals surface area (Å²) in [4.78, 5) is 0. The zero-order chi connectivity index (χ0) is 11.8. The lowest BCUT2D eigenvalue weighted by atomic mass is 10.1. The zero-order valence-corrected chi connectivity index (χ0v) is 10.2. The number of benzene rings is 1. The van der Waals surface area contributed by atoms with Gasteiger partial charge in [0.1, 0.15) is 5.75 Å². The summed E-state index contributed by atoms with van der Waals surface area (Å²) in [5, 5.41) is 0. The van der Waals surface area contributed by atoms with Crippen molar-refractivity contribution in [2.75, 3.05) is 7.11 Å². The Morgan fingerprint density at radius 1 is 1.29 bits per heavy atom. The average Bonchev–Trinajstić information content (AvgIpc) is 2.89. The van der Waals surface area contributed by atoms with Crippen molar-refractivity contribution >= 4 is 0 Å².